The van der Waals surface area contributed by atoms with E-state index in [1.54, 1.807) is 4.90 Å². The van der Waals surface area contributed by atoms with E-state index in [-0.39, 0.29) is 36.9 Å². The zero-order valence-corrected chi connectivity index (χ0v) is 18.0. The molecule has 1 amide bonds. The first kappa shape index (κ1) is 19.4. The maximum absolute atomic E-state index is 12.1. The van der Waals surface area contributed by atoms with Gasteiger partial charge < -0.3 is 6.16 Å². The molecule has 0 spiro atoms. The Labute approximate surface area is 160 Å². The second kappa shape index (κ2) is 8.27. The zero-order valence-electron chi connectivity index (χ0n) is 14.4. The molecule has 2 rings (SSSR count). The quantitative estimate of drug-likeness (QED) is 0.567. The molecule has 0 saturated heterocycles. The van der Waals surface area contributed by atoms with E-state index in [0.29, 0.717) is 13.2 Å². The van der Waals surface area contributed by atoms with Gasteiger partial charge in [0, 0.05) is 31.3 Å². The summed E-state index contributed by atoms with van der Waals surface area (Å²) in [7, 11) is -1.07. The van der Waals surface area contributed by atoms with Gasteiger partial charge in [-0.1, -0.05) is 35.6 Å². The minimum absolute atomic E-state index is 0. The maximum Gasteiger partial charge on any atom is 1.00 e. The average molecular weight is 380 g/mol. The summed E-state index contributed by atoms with van der Waals surface area (Å²) in [5.41, 5.74) is 2.21. The molecule has 0 aromatic heterocycles. The predicted molar refractivity (Wildman–Crippen MR) is 90.0 cm³/mol. The van der Waals surface area contributed by atoms with Gasteiger partial charge in [0.2, 0.25) is 5.91 Å². The standard InChI is InChI=1S/C15H22BrNO2Si.Na.H/c1-20(2,3)9-8-19-11-17-14-6-5-13(16)10-12(14)4-7-15(17)18;;/h5-6,10H,4,7-9,11H2,1-3H3;;/q;+1;-1. The molecule has 0 fully saturated rings. The van der Waals surface area contributed by atoms with Gasteiger partial charge >= 0.3 is 29.6 Å². The molecule has 1 aromatic carbocycles. The number of nitrogens with zero attached hydrogens (tertiary/aromatic N) is 1. The topological polar surface area (TPSA) is 29.5 Å². The second-order valence-electron chi connectivity index (χ2n) is 6.44. The van der Waals surface area contributed by atoms with Gasteiger partial charge in [-0.15, -0.1) is 0 Å². The van der Waals surface area contributed by atoms with Crippen LogP contribution in [-0.4, -0.2) is 27.3 Å². The second-order valence-corrected chi connectivity index (χ2v) is 13.0. The summed E-state index contributed by atoms with van der Waals surface area (Å²) >= 11 is 3.48. The first-order valence-corrected chi connectivity index (χ1v) is 11.5. The average Bonchev–Trinajstić information content (AvgIpc) is 2.35. The third-order valence-electron chi connectivity index (χ3n) is 3.46. The fraction of sp³-hybridized carbons (Fsp3) is 0.533. The Morgan fingerprint density at radius 3 is 2.71 bits per heavy atom. The predicted octanol–water partition coefficient (Wildman–Crippen LogP) is 1.16. The number of aryl methyl sites for hydroxylation is 1. The SMILES string of the molecule is C[Si](C)(C)CCOCN1C(=O)CCc2cc(Br)ccc21.[H-].[Na+]. The first-order valence-electron chi connectivity index (χ1n) is 7.03. The molecular weight excluding hydrogens is 357 g/mol. The molecule has 1 aliphatic heterocycles. The van der Waals surface area contributed by atoms with Gasteiger partial charge in [-0.05, 0) is 36.2 Å². The number of halogens is 1. The molecule has 0 aliphatic carbocycles. The van der Waals surface area contributed by atoms with Crippen LogP contribution in [0.15, 0.2) is 22.7 Å². The van der Waals surface area contributed by atoms with Crippen molar-refractivity contribution in [2.24, 2.45) is 0 Å². The summed E-state index contributed by atoms with van der Waals surface area (Å²) in [6.45, 7) is 8.10. The summed E-state index contributed by atoms with van der Waals surface area (Å²) in [5, 5.41) is 0. The molecule has 1 aliphatic rings. The van der Waals surface area contributed by atoms with Crippen LogP contribution in [0.25, 0.3) is 0 Å². The van der Waals surface area contributed by atoms with Crippen LogP contribution in [0.4, 0.5) is 5.69 Å². The third kappa shape index (κ3) is 5.81. The van der Waals surface area contributed by atoms with Crippen molar-refractivity contribution < 1.29 is 40.5 Å². The van der Waals surface area contributed by atoms with Gasteiger partial charge in [-0.3, -0.25) is 9.69 Å². The number of hydrogen-bond acceptors (Lipinski definition) is 2. The van der Waals surface area contributed by atoms with Crippen LogP contribution < -0.4 is 34.5 Å². The first-order chi connectivity index (χ1) is 9.37. The minimum atomic E-state index is -1.07. The Morgan fingerprint density at radius 2 is 2.05 bits per heavy atom. The summed E-state index contributed by atoms with van der Waals surface area (Å²) in [5.74, 6) is 0.160. The normalized spacial score (nSPS) is 14.7. The van der Waals surface area contributed by atoms with Gasteiger partial charge in [-0.25, -0.2) is 0 Å². The van der Waals surface area contributed by atoms with Crippen molar-refractivity contribution in [3.8, 4) is 0 Å². The molecule has 0 N–H and O–H groups in total. The van der Waals surface area contributed by atoms with Crippen molar-refractivity contribution in [3.05, 3.63) is 28.2 Å². The van der Waals surface area contributed by atoms with Gasteiger partial charge in [0.05, 0.1) is 0 Å². The molecule has 6 heteroatoms. The number of carbonyl (C=O) groups excluding carboxylic acids is 1. The Hall–Kier alpha value is 0.347. The zero-order chi connectivity index (χ0) is 14.8. The Bertz CT molecular complexity index is 511. The van der Waals surface area contributed by atoms with E-state index in [4.69, 9.17) is 4.74 Å². The minimum Gasteiger partial charge on any atom is -1.00 e. The van der Waals surface area contributed by atoms with Crippen molar-refractivity contribution >= 4 is 35.6 Å². The third-order valence-corrected chi connectivity index (χ3v) is 5.66. The Balaban J connectivity index is 0.00000220. The number of amides is 1. The molecule has 3 nitrogen and oxygen atoms in total. The number of benzene rings is 1. The van der Waals surface area contributed by atoms with E-state index in [0.717, 1.165) is 29.2 Å². The van der Waals surface area contributed by atoms with Crippen LogP contribution in [0.3, 0.4) is 0 Å². The van der Waals surface area contributed by atoms with Gasteiger partial charge in [-0.2, -0.15) is 0 Å². The van der Waals surface area contributed by atoms with E-state index >= 15 is 0 Å². The van der Waals surface area contributed by atoms with Crippen LogP contribution in [0, 0.1) is 0 Å². The molecule has 112 valence electrons. The monoisotopic (exact) mass is 379 g/mol. The van der Waals surface area contributed by atoms with Crippen LogP contribution in [-0.2, 0) is 16.0 Å². The van der Waals surface area contributed by atoms with E-state index < -0.39 is 8.07 Å². The molecule has 0 atom stereocenters. The van der Waals surface area contributed by atoms with Crippen molar-refractivity contribution in [1.29, 1.82) is 0 Å². The number of rotatable bonds is 5. The summed E-state index contributed by atoms with van der Waals surface area (Å²) in [6, 6.07) is 7.20. The molecule has 0 saturated carbocycles. The number of anilines is 1. The fourth-order valence-electron chi connectivity index (χ4n) is 2.20. The molecule has 1 aromatic rings. The number of carbonyl (C=O) groups is 1. The largest absolute Gasteiger partial charge is 1.00 e. The van der Waals surface area contributed by atoms with E-state index in [1.807, 2.05) is 12.1 Å². The summed E-state index contributed by atoms with van der Waals surface area (Å²) in [4.78, 5) is 13.8. The summed E-state index contributed by atoms with van der Waals surface area (Å²) < 4.78 is 6.80. The van der Waals surface area contributed by atoms with Crippen LogP contribution in [0.1, 0.15) is 13.4 Å². The number of fused-ring (bicyclic) bond motifs is 1. The summed E-state index contributed by atoms with van der Waals surface area (Å²) in [6.07, 6.45) is 1.39. The van der Waals surface area contributed by atoms with Crippen LogP contribution in [0.5, 0.6) is 0 Å². The van der Waals surface area contributed by atoms with Gasteiger partial charge in [0.1, 0.15) is 6.73 Å². The molecular formula is C15H23BrNNaO2Si. The van der Waals surface area contributed by atoms with E-state index in [1.165, 1.54) is 5.56 Å². The molecule has 0 bridgehead atoms. The molecule has 0 unspecified atom stereocenters. The van der Waals surface area contributed by atoms with E-state index in [2.05, 4.69) is 41.6 Å². The molecule has 0 radical (unpaired) electrons. The number of ether oxygens (including phenoxy) is 1. The number of hydrogen-bond donors (Lipinski definition) is 0. The molecule has 1 heterocycles. The maximum atomic E-state index is 12.1. The van der Waals surface area contributed by atoms with Crippen LogP contribution >= 0.6 is 15.9 Å². The van der Waals surface area contributed by atoms with Gasteiger partial charge in [0.25, 0.3) is 0 Å². The van der Waals surface area contributed by atoms with Crippen molar-refractivity contribution in [2.75, 3.05) is 18.2 Å². The van der Waals surface area contributed by atoms with Crippen molar-refractivity contribution in [1.82, 2.24) is 0 Å². The fourth-order valence-corrected chi connectivity index (χ4v) is 3.37. The smallest absolute Gasteiger partial charge is 1.00 e. The van der Waals surface area contributed by atoms with E-state index in [9.17, 15) is 4.79 Å². The Kier molecular flexibility index (Phi) is 7.64. The Morgan fingerprint density at radius 1 is 1.33 bits per heavy atom. The van der Waals surface area contributed by atoms with Crippen LogP contribution in [0.2, 0.25) is 25.7 Å². The van der Waals surface area contributed by atoms with Crippen molar-refractivity contribution in [2.45, 2.75) is 38.5 Å². The molecule has 21 heavy (non-hydrogen) atoms. The van der Waals surface area contributed by atoms with Gasteiger partial charge in [0.15, 0.2) is 0 Å². The van der Waals surface area contributed by atoms with Crippen molar-refractivity contribution in [3.63, 3.8) is 0 Å².